The topological polar surface area (TPSA) is 0 Å². The van der Waals surface area contributed by atoms with Crippen LogP contribution in [0.3, 0.4) is 0 Å². The Kier molecular flexibility index (Phi) is 5.95. The van der Waals surface area contributed by atoms with E-state index in [-0.39, 0.29) is 0 Å². The van der Waals surface area contributed by atoms with Crippen molar-refractivity contribution in [2.75, 3.05) is 0 Å². The molecule has 0 nitrogen and oxygen atoms in total. The first kappa shape index (κ1) is 16.2. The summed E-state index contributed by atoms with van der Waals surface area (Å²) in [6, 6.07) is 0. The molecule has 0 heterocycles. The normalized spacial score (nSPS) is 26.4. The molecule has 0 heteroatoms. The number of allylic oxidation sites excluding steroid dienone is 6. The lowest BCUT2D eigenvalue weighted by atomic mass is 9.83. The Morgan fingerprint density at radius 1 is 0.882 bits per heavy atom. The lowest BCUT2D eigenvalue weighted by Gasteiger charge is -2.21. The van der Waals surface area contributed by atoms with Crippen molar-refractivity contribution in [1.29, 1.82) is 0 Å². The smallest absolute Gasteiger partial charge is 0.00925 e. The van der Waals surface area contributed by atoms with Gasteiger partial charge in [-0.1, -0.05) is 65.8 Å². The van der Waals surface area contributed by atoms with Crippen LogP contribution in [0, 0.1) is 10.8 Å². The second-order valence-corrected chi connectivity index (χ2v) is 5.75. The van der Waals surface area contributed by atoms with E-state index < -0.39 is 0 Å². The summed E-state index contributed by atoms with van der Waals surface area (Å²) >= 11 is 0. The van der Waals surface area contributed by atoms with Gasteiger partial charge in [-0.2, -0.15) is 0 Å². The fourth-order valence-electron chi connectivity index (χ4n) is 3.08. The summed E-state index contributed by atoms with van der Waals surface area (Å²) in [5.41, 5.74) is 3.66. The first-order valence-corrected chi connectivity index (χ1v) is 6.86. The summed E-state index contributed by atoms with van der Waals surface area (Å²) in [5.74, 6) is 0. The molecule has 0 radical (unpaired) electrons. The summed E-state index contributed by atoms with van der Waals surface area (Å²) in [6.07, 6.45) is 10.1. The molecule has 98 valence electrons. The van der Waals surface area contributed by atoms with Gasteiger partial charge >= 0.3 is 0 Å². The second kappa shape index (κ2) is 6.23. The minimum absolute atomic E-state index is 0.310. The molecule has 0 atom stereocenters. The fourth-order valence-corrected chi connectivity index (χ4v) is 3.08. The monoisotopic (exact) mass is 234 g/mol. The van der Waals surface area contributed by atoms with Crippen molar-refractivity contribution in [1.82, 2.24) is 0 Å². The van der Waals surface area contributed by atoms with Gasteiger partial charge in [-0.15, -0.1) is 0 Å². The average Bonchev–Trinajstić information content (AvgIpc) is 2.42. The van der Waals surface area contributed by atoms with E-state index in [1.54, 1.807) is 0 Å². The second-order valence-electron chi connectivity index (χ2n) is 5.75. The molecule has 0 spiro atoms. The van der Waals surface area contributed by atoms with Gasteiger partial charge in [0.25, 0.3) is 0 Å². The van der Waals surface area contributed by atoms with Crippen molar-refractivity contribution in [3.05, 3.63) is 35.5 Å². The molecule has 0 aromatic heterocycles. The molecule has 0 N–H and O–H groups in total. The molecule has 0 amide bonds. The Labute approximate surface area is 109 Å². The molecule has 1 rings (SSSR count). The Morgan fingerprint density at radius 2 is 1.35 bits per heavy atom. The van der Waals surface area contributed by atoms with Gasteiger partial charge in [0.1, 0.15) is 0 Å². The molecule has 0 aromatic rings. The average molecular weight is 234 g/mol. The molecule has 1 aliphatic carbocycles. The molecular weight excluding hydrogens is 204 g/mol. The maximum Gasteiger partial charge on any atom is -0.00925 e. The van der Waals surface area contributed by atoms with E-state index in [4.69, 9.17) is 0 Å². The predicted molar refractivity (Wildman–Crippen MR) is 80.2 cm³/mol. The van der Waals surface area contributed by atoms with Gasteiger partial charge < -0.3 is 0 Å². The summed E-state index contributed by atoms with van der Waals surface area (Å²) in [5, 5.41) is 0. The van der Waals surface area contributed by atoms with E-state index in [0.717, 1.165) is 0 Å². The van der Waals surface area contributed by atoms with Crippen LogP contribution in [0.15, 0.2) is 35.5 Å². The lowest BCUT2D eigenvalue weighted by molar-refractivity contribution is 0.338. The van der Waals surface area contributed by atoms with Crippen LogP contribution in [0.5, 0.6) is 0 Å². The lowest BCUT2D eigenvalue weighted by Crippen LogP contribution is -2.11. The molecule has 0 bridgehead atoms. The van der Waals surface area contributed by atoms with Crippen LogP contribution in [0.1, 0.15) is 61.8 Å². The molecule has 17 heavy (non-hydrogen) atoms. The molecule has 0 saturated heterocycles. The van der Waals surface area contributed by atoms with Gasteiger partial charge in [-0.3, -0.25) is 0 Å². The number of hydrogen-bond acceptors (Lipinski definition) is 0. The van der Waals surface area contributed by atoms with Crippen molar-refractivity contribution < 1.29 is 0 Å². The van der Waals surface area contributed by atoms with Gasteiger partial charge in [0.2, 0.25) is 0 Å². The largest absolute Gasteiger partial charge is 0.0877 e. The minimum Gasteiger partial charge on any atom is -0.0877 e. The van der Waals surface area contributed by atoms with Crippen LogP contribution in [0.4, 0.5) is 0 Å². The number of hydrogen-bond donors (Lipinski definition) is 0. The first-order chi connectivity index (χ1) is 7.85. The maximum atomic E-state index is 2.35. The highest BCUT2D eigenvalue weighted by Crippen LogP contribution is 2.55. The molecule has 1 aliphatic rings. The van der Waals surface area contributed by atoms with E-state index in [1.807, 2.05) is 13.8 Å². The van der Waals surface area contributed by atoms with E-state index in [1.165, 1.54) is 17.6 Å². The van der Waals surface area contributed by atoms with Crippen molar-refractivity contribution in [2.24, 2.45) is 10.8 Å². The number of rotatable bonds is 1. The predicted octanol–water partition coefficient (Wildman–Crippen LogP) is 5.92. The van der Waals surface area contributed by atoms with Crippen molar-refractivity contribution >= 4 is 0 Å². The molecular formula is C17H30. The van der Waals surface area contributed by atoms with Crippen LogP contribution in [0.2, 0.25) is 0 Å². The van der Waals surface area contributed by atoms with Crippen LogP contribution in [0.25, 0.3) is 0 Å². The van der Waals surface area contributed by atoms with E-state index in [2.05, 4.69) is 65.8 Å². The van der Waals surface area contributed by atoms with Gasteiger partial charge in [0.15, 0.2) is 0 Å². The molecule has 1 saturated carbocycles. The standard InChI is InChI=1S/C15H24.C2H6/c1-7-9-10-13-12(8-2)14(3,4)11-15(13,5)6;1-2/h7-10H,11H2,1-6H3;1-2H3/b9-7-,12-8+,13-10+;. The summed E-state index contributed by atoms with van der Waals surface area (Å²) < 4.78 is 0. The summed E-state index contributed by atoms with van der Waals surface area (Å²) in [6.45, 7) is 17.6. The highest BCUT2D eigenvalue weighted by Gasteiger charge is 2.43. The zero-order valence-corrected chi connectivity index (χ0v) is 13.0. The third-order valence-corrected chi connectivity index (χ3v) is 3.38. The quantitative estimate of drug-likeness (QED) is 0.528. The van der Waals surface area contributed by atoms with Crippen molar-refractivity contribution in [2.45, 2.75) is 61.8 Å². The zero-order valence-electron chi connectivity index (χ0n) is 13.0. The maximum absolute atomic E-state index is 2.35. The fraction of sp³-hybridized carbons (Fsp3) is 0.647. The third-order valence-electron chi connectivity index (χ3n) is 3.38. The van der Waals surface area contributed by atoms with Crippen LogP contribution >= 0.6 is 0 Å². The van der Waals surface area contributed by atoms with E-state index in [9.17, 15) is 0 Å². The van der Waals surface area contributed by atoms with E-state index in [0.29, 0.717) is 10.8 Å². The van der Waals surface area contributed by atoms with Gasteiger partial charge in [0.05, 0.1) is 0 Å². The highest BCUT2D eigenvalue weighted by atomic mass is 14.5. The minimum atomic E-state index is 0.310. The summed E-state index contributed by atoms with van der Waals surface area (Å²) in [4.78, 5) is 0. The summed E-state index contributed by atoms with van der Waals surface area (Å²) in [7, 11) is 0. The van der Waals surface area contributed by atoms with Crippen LogP contribution in [-0.2, 0) is 0 Å². The third kappa shape index (κ3) is 3.59. The molecule has 1 fully saturated rings. The van der Waals surface area contributed by atoms with Gasteiger partial charge in [-0.05, 0) is 42.2 Å². The van der Waals surface area contributed by atoms with Crippen molar-refractivity contribution in [3.63, 3.8) is 0 Å². The molecule has 0 aliphatic heterocycles. The van der Waals surface area contributed by atoms with Gasteiger partial charge in [-0.25, -0.2) is 0 Å². The Hall–Kier alpha value is -0.780. The van der Waals surface area contributed by atoms with Crippen LogP contribution < -0.4 is 0 Å². The van der Waals surface area contributed by atoms with E-state index >= 15 is 0 Å². The first-order valence-electron chi connectivity index (χ1n) is 6.86. The Balaban J connectivity index is 0.00000121. The zero-order chi connectivity index (χ0) is 13.7. The SMILES string of the molecule is CC.C\C=C/C=C1\C(=C/C)C(C)(C)CC1(C)C. The van der Waals surface area contributed by atoms with Crippen LogP contribution in [-0.4, -0.2) is 0 Å². The Bertz CT molecular complexity index is 322. The Morgan fingerprint density at radius 3 is 1.76 bits per heavy atom. The highest BCUT2D eigenvalue weighted by molar-refractivity contribution is 5.46. The van der Waals surface area contributed by atoms with Crippen molar-refractivity contribution in [3.8, 4) is 0 Å². The van der Waals surface area contributed by atoms with Gasteiger partial charge in [0, 0.05) is 0 Å². The molecule has 0 aromatic carbocycles. The molecule has 0 unspecified atom stereocenters.